The van der Waals surface area contributed by atoms with E-state index in [1.165, 1.54) is 6.92 Å². The topological polar surface area (TPSA) is 104 Å². The first-order valence-electron chi connectivity index (χ1n) is 10.1. The summed E-state index contributed by atoms with van der Waals surface area (Å²) in [5.74, 6) is -1.03. The number of amides is 2. The van der Waals surface area contributed by atoms with Crippen LogP contribution in [-0.4, -0.2) is 68.8 Å². The van der Waals surface area contributed by atoms with Gasteiger partial charge < -0.3 is 24.9 Å². The SMILES string of the molecule is CC(=O)NC[C@H]1CN(c2cc(F)c(N3CC4C(C=NOCCO)C4C3)c(F)c2)C(=O)O1. The maximum Gasteiger partial charge on any atom is 0.414 e. The fraction of sp³-hybridized carbons (Fsp3) is 0.550. The highest BCUT2D eigenvalue weighted by atomic mass is 19.1. The molecule has 11 heteroatoms. The second-order valence-electron chi connectivity index (χ2n) is 7.93. The number of benzene rings is 1. The average Bonchev–Trinajstić information content (AvgIpc) is 3.03. The molecule has 1 aromatic carbocycles. The number of oxime groups is 1. The number of ether oxygens (including phenoxy) is 1. The number of fused-ring (bicyclic) bond motifs is 1. The van der Waals surface area contributed by atoms with E-state index in [4.69, 9.17) is 14.7 Å². The number of nitrogens with one attached hydrogen (secondary N) is 1. The Morgan fingerprint density at radius 3 is 2.61 bits per heavy atom. The van der Waals surface area contributed by atoms with Gasteiger partial charge in [0, 0.05) is 44.3 Å². The van der Waals surface area contributed by atoms with Gasteiger partial charge in [-0.1, -0.05) is 5.16 Å². The Bertz CT molecular complexity index is 863. The number of aliphatic hydroxyl groups is 1. The van der Waals surface area contributed by atoms with E-state index in [0.29, 0.717) is 13.1 Å². The molecule has 9 nitrogen and oxygen atoms in total. The number of rotatable bonds is 8. The van der Waals surface area contributed by atoms with Gasteiger partial charge >= 0.3 is 6.09 Å². The molecule has 1 aromatic rings. The van der Waals surface area contributed by atoms with E-state index in [2.05, 4.69) is 10.5 Å². The Morgan fingerprint density at radius 1 is 1.32 bits per heavy atom. The molecule has 2 saturated heterocycles. The predicted molar refractivity (Wildman–Crippen MR) is 107 cm³/mol. The minimum absolute atomic E-state index is 0.0736. The van der Waals surface area contributed by atoms with Gasteiger partial charge in [0.1, 0.15) is 18.4 Å². The van der Waals surface area contributed by atoms with Crippen LogP contribution in [0.25, 0.3) is 0 Å². The van der Waals surface area contributed by atoms with Crippen molar-refractivity contribution in [3.8, 4) is 0 Å². The van der Waals surface area contributed by atoms with E-state index < -0.39 is 23.8 Å². The van der Waals surface area contributed by atoms with Crippen LogP contribution in [0, 0.1) is 29.4 Å². The summed E-state index contributed by atoms with van der Waals surface area (Å²) in [4.78, 5) is 30.8. The van der Waals surface area contributed by atoms with Crippen molar-refractivity contribution in [3.63, 3.8) is 0 Å². The molecule has 4 rings (SSSR count). The number of aliphatic hydroxyl groups excluding tert-OH is 1. The molecule has 2 aliphatic heterocycles. The summed E-state index contributed by atoms with van der Waals surface area (Å²) in [7, 11) is 0. The van der Waals surface area contributed by atoms with Crippen LogP contribution >= 0.6 is 0 Å². The van der Waals surface area contributed by atoms with Gasteiger partial charge in [0.2, 0.25) is 5.91 Å². The van der Waals surface area contributed by atoms with Crippen LogP contribution in [0.15, 0.2) is 17.3 Å². The lowest BCUT2D eigenvalue weighted by atomic mass is 10.2. The zero-order valence-corrected chi connectivity index (χ0v) is 17.0. The van der Waals surface area contributed by atoms with E-state index in [1.54, 1.807) is 11.1 Å². The van der Waals surface area contributed by atoms with E-state index >= 15 is 0 Å². The summed E-state index contributed by atoms with van der Waals surface area (Å²) in [6.07, 6.45) is 0.386. The molecule has 1 aliphatic carbocycles. The van der Waals surface area contributed by atoms with Gasteiger partial charge in [0.15, 0.2) is 11.6 Å². The second kappa shape index (κ2) is 8.66. The van der Waals surface area contributed by atoms with Crippen molar-refractivity contribution in [2.24, 2.45) is 22.9 Å². The quantitative estimate of drug-likeness (QED) is 0.358. The summed E-state index contributed by atoms with van der Waals surface area (Å²) in [6.45, 7) is 2.59. The maximum absolute atomic E-state index is 14.8. The molecule has 3 fully saturated rings. The number of piperidine rings is 1. The van der Waals surface area contributed by atoms with Crippen molar-refractivity contribution in [1.82, 2.24) is 5.32 Å². The highest BCUT2D eigenvalue weighted by Crippen LogP contribution is 2.52. The number of hydrogen-bond donors (Lipinski definition) is 2. The van der Waals surface area contributed by atoms with Gasteiger partial charge in [-0.3, -0.25) is 9.69 Å². The Hall–Kier alpha value is -2.95. The molecule has 168 valence electrons. The van der Waals surface area contributed by atoms with Gasteiger partial charge in [-0.05, 0) is 11.8 Å². The van der Waals surface area contributed by atoms with Crippen molar-refractivity contribution in [3.05, 3.63) is 23.8 Å². The smallest absolute Gasteiger partial charge is 0.414 e. The third-order valence-corrected chi connectivity index (χ3v) is 5.83. The number of halogens is 2. The Balaban J connectivity index is 1.39. The Kier molecular flexibility index (Phi) is 5.94. The lowest BCUT2D eigenvalue weighted by Crippen LogP contribution is -2.33. The number of nitrogens with zero attached hydrogens (tertiary/aromatic N) is 3. The number of carbonyl (C=O) groups is 2. The van der Waals surface area contributed by atoms with Crippen molar-refractivity contribution in [1.29, 1.82) is 0 Å². The molecular weight excluding hydrogens is 414 g/mol. The van der Waals surface area contributed by atoms with Gasteiger partial charge in [-0.2, -0.15) is 0 Å². The molecular formula is C20H24F2N4O5. The van der Waals surface area contributed by atoms with Gasteiger partial charge in [-0.15, -0.1) is 0 Å². The lowest BCUT2D eigenvalue weighted by Gasteiger charge is -2.24. The highest BCUT2D eigenvalue weighted by molar-refractivity contribution is 5.90. The third-order valence-electron chi connectivity index (χ3n) is 5.83. The average molecular weight is 438 g/mol. The molecule has 2 unspecified atom stereocenters. The molecule has 31 heavy (non-hydrogen) atoms. The fourth-order valence-corrected chi connectivity index (χ4v) is 4.29. The monoisotopic (exact) mass is 438 g/mol. The number of hydrogen-bond acceptors (Lipinski definition) is 7. The molecule has 2 heterocycles. The minimum Gasteiger partial charge on any atom is -0.442 e. The number of cyclic esters (lactones) is 1. The number of carbonyl (C=O) groups excluding carboxylic acids is 2. The zero-order valence-electron chi connectivity index (χ0n) is 17.0. The zero-order chi connectivity index (χ0) is 22.1. The predicted octanol–water partition coefficient (Wildman–Crippen LogP) is 1.10. The first-order chi connectivity index (χ1) is 14.9. The van der Waals surface area contributed by atoms with Crippen molar-refractivity contribution in [2.75, 3.05) is 49.2 Å². The maximum atomic E-state index is 14.8. The van der Waals surface area contributed by atoms with Crippen LogP contribution in [0.2, 0.25) is 0 Å². The Morgan fingerprint density at radius 2 is 2.00 bits per heavy atom. The lowest BCUT2D eigenvalue weighted by molar-refractivity contribution is -0.119. The Labute approximate surface area is 177 Å². The van der Waals surface area contributed by atoms with Gasteiger partial charge in [0.25, 0.3) is 0 Å². The fourth-order valence-electron chi connectivity index (χ4n) is 4.29. The standard InChI is InChI=1S/C20H24F2N4O5/c1-11(28)23-6-13-8-26(20(29)31-13)12-4-17(21)19(18(22)5-12)25-9-15-14(16(15)10-25)7-24-30-3-2-27/h4-5,7,13-16,27H,2-3,6,8-10H2,1H3,(H,23,28)/t13-,14?,15?,16?/m0/s1. The molecule has 1 saturated carbocycles. The highest BCUT2D eigenvalue weighted by Gasteiger charge is 2.55. The third kappa shape index (κ3) is 4.41. The van der Waals surface area contributed by atoms with Crippen molar-refractivity contribution < 1.29 is 33.1 Å². The first kappa shape index (κ1) is 21.3. The molecule has 0 bridgehead atoms. The van der Waals surface area contributed by atoms with E-state index in [-0.39, 0.29) is 61.3 Å². The largest absolute Gasteiger partial charge is 0.442 e. The molecule has 0 radical (unpaired) electrons. The minimum atomic E-state index is -0.745. The van der Waals surface area contributed by atoms with E-state index in [9.17, 15) is 18.4 Å². The van der Waals surface area contributed by atoms with E-state index in [0.717, 1.165) is 17.0 Å². The van der Waals surface area contributed by atoms with Crippen LogP contribution in [-0.2, 0) is 14.4 Å². The molecule has 3 atom stereocenters. The van der Waals surface area contributed by atoms with Crippen LogP contribution in [0.4, 0.5) is 25.0 Å². The second-order valence-corrected chi connectivity index (χ2v) is 7.93. The molecule has 0 spiro atoms. The summed E-state index contributed by atoms with van der Waals surface area (Å²) >= 11 is 0. The van der Waals surface area contributed by atoms with Crippen LogP contribution < -0.4 is 15.1 Å². The number of anilines is 2. The molecule has 2 N–H and O–H groups in total. The van der Waals surface area contributed by atoms with E-state index in [1.807, 2.05) is 0 Å². The molecule has 3 aliphatic rings. The van der Waals surface area contributed by atoms with Crippen LogP contribution in [0.1, 0.15) is 6.92 Å². The first-order valence-corrected chi connectivity index (χ1v) is 10.1. The summed E-state index contributed by atoms with van der Waals surface area (Å²) in [6, 6.07) is 2.26. The normalized spacial score (nSPS) is 26.9. The molecule has 0 aromatic heterocycles. The van der Waals surface area contributed by atoms with Gasteiger partial charge in [-0.25, -0.2) is 13.6 Å². The summed E-state index contributed by atoms with van der Waals surface area (Å²) in [5.41, 5.74) is -0.0324. The van der Waals surface area contributed by atoms with Crippen LogP contribution in [0.3, 0.4) is 0 Å². The van der Waals surface area contributed by atoms with Gasteiger partial charge in [0.05, 0.1) is 25.4 Å². The summed E-state index contributed by atoms with van der Waals surface area (Å²) in [5, 5.41) is 15.0. The van der Waals surface area contributed by atoms with Crippen molar-refractivity contribution in [2.45, 2.75) is 13.0 Å². The molecule has 2 amide bonds. The van der Waals surface area contributed by atoms with Crippen molar-refractivity contribution >= 4 is 29.6 Å². The van der Waals surface area contributed by atoms with Crippen LogP contribution in [0.5, 0.6) is 0 Å². The summed E-state index contributed by atoms with van der Waals surface area (Å²) < 4.78 is 34.8.